The Bertz CT molecular complexity index is 535. The summed E-state index contributed by atoms with van der Waals surface area (Å²) in [4.78, 5) is 30.3. The number of rotatable bonds is 31. The van der Waals surface area contributed by atoms with E-state index in [1.54, 1.807) is 22.5 Å². The largest absolute Gasteiger partial charge is 0.550 e. The Morgan fingerprint density at radius 3 is 0.660 bits per heavy atom. The standard InChI is InChI=1S/3C12H24O2.C4H9.Sn/c3*1-2-3-4-5-6-7-8-9-10-11-12(13)14;1-4(2)3;/h3*2-11H2,1H3,(H,13,14);4H,1H2,2-3H3;/q;;;;+3/p-3. The number of carbonyl (C=O) groups excluding carboxylic acids is 3. The minimum absolute atomic E-state index is 0.232. The third-order valence-corrected chi connectivity index (χ3v) is 10.2. The molecule has 47 heavy (non-hydrogen) atoms. The molecule has 0 rings (SSSR count). The SMILES string of the molecule is CC(C)[CH2][Sn+3].CCCCCCCCCCCC(=O)[O-].CCCCCCCCCCCC(=O)[O-].CCCCCCCCCCCC(=O)[O-]. The maximum absolute atomic E-state index is 10.1. The first-order valence-electron chi connectivity index (χ1n) is 19.8. The number of aliphatic carboxylic acids is 3. The van der Waals surface area contributed by atoms with E-state index in [0.29, 0.717) is 0 Å². The van der Waals surface area contributed by atoms with Crippen LogP contribution in [-0.4, -0.2) is 40.4 Å². The second kappa shape index (κ2) is 49.6. The summed E-state index contributed by atoms with van der Waals surface area (Å²) in [5, 5.41) is 30.3. The van der Waals surface area contributed by atoms with Gasteiger partial charge in [-0.2, -0.15) is 0 Å². The molecule has 0 aliphatic carbocycles. The van der Waals surface area contributed by atoms with Gasteiger partial charge in [0.05, 0.1) is 0 Å². The molecule has 0 aromatic rings. The Labute approximate surface area is 306 Å². The van der Waals surface area contributed by atoms with Crippen LogP contribution in [0.25, 0.3) is 0 Å². The summed E-state index contributed by atoms with van der Waals surface area (Å²) >= 11 is 1.66. The van der Waals surface area contributed by atoms with Crippen LogP contribution < -0.4 is 15.3 Å². The molecule has 6 nitrogen and oxygen atoms in total. The van der Waals surface area contributed by atoms with Crippen LogP contribution in [0.3, 0.4) is 0 Å². The molecule has 278 valence electrons. The summed E-state index contributed by atoms with van der Waals surface area (Å²) < 4.78 is 1.40. The minimum atomic E-state index is -0.909. The van der Waals surface area contributed by atoms with Crippen molar-refractivity contribution in [2.75, 3.05) is 0 Å². The number of hydrogen-bond acceptors (Lipinski definition) is 6. The molecule has 0 spiro atoms. The van der Waals surface area contributed by atoms with Crippen molar-refractivity contribution in [3.05, 3.63) is 0 Å². The molecule has 0 saturated heterocycles. The fraction of sp³-hybridized carbons (Fsp3) is 0.925. The van der Waals surface area contributed by atoms with Gasteiger partial charge in [-0.05, 0) is 38.5 Å². The Hall–Kier alpha value is -0.791. The van der Waals surface area contributed by atoms with E-state index in [2.05, 4.69) is 34.6 Å². The quantitative estimate of drug-likeness (QED) is 0.0512. The fourth-order valence-electron chi connectivity index (χ4n) is 4.74. The van der Waals surface area contributed by atoms with Gasteiger partial charge in [0.1, 0.15) is 0 Å². The molecule has 0 aromatic carbocycles. The summed E-state index contributed by atoms with van der Waals surface area (Å²) in [6.07, 6.45) is 33.5. The predicted molar refractivity (Wildman–Crippen MR) is 196 cm³/mol. The van der Waals surface area contributed by atoms with Crippen LogP contribution in [0.5, 0.6) is 0 Å². The number of carbonyl (C=O) groups is 3. The van der Waals surface area contributed by atoms with Gasteiger partial charge in [-0.1, -0.05) is 175 Å². The second-order valence-electron chi connectivity index (χ2n) is 13.4. The summed E-state index contributed by atoms with van der Waals surface area (Å²) in [5.41, 5.74) is 0. The molecule has 7 heteroatoms. The fourth-order valence-corrected chi connectivity index (χ4v) is 4.74. The van der Waals surface area contributed by atoms with Gasteiger partial charge in [-0.25, -0.2) is 0 Å². The smallest absolute Gasteiger partial charge is 0.0414 e. The molecule has 0 bridgehead atoms. The van der Waals surface area contributed by atoms with Gasteiger partial charge in [0.2, 0.25) is 0 Å². The average Bonchev–Trinajstić information content (AvgIpc) is 3.03. The number of carboxylic acid groups (broad SMARTS) is 3. The van der Waals surface area contributed by atoms with Crippen molar-refractivity contribution in [2.45, 2.75) is 232 Å². The molecule has 0 aliphatic rings. The van der Waals surface area contributed by atoms with Crippen LogP contribution in [0.2, 0.25) is 4.44 Å². The van der Waals surface area contributed by atoms with Crippen LogP contribution in [0.15, 0.2) is 0 Å². The first-order valence-corrected chi connectivity index (χ1v) is 21.8. The van der Waals surface area contributed by atoms with Crippen LogP contribution in [0.4, 0.5) is 0 Å². The number of unbranched alkanes of at least 4 members (excludes halogenated alkanes) is 24. The molecular formula is C40H78O6Sn. The first kappa shape index (κ1) is 53.0. The molecule has 0 aliphatic heterocycles. The summed E-state index contributed by atoms with van der Waals surface area (Å²) in [7, 11) is 0. The van der Waals surface area contributed by atoms with E-state index >= 15 is 0 Å². The van der Waals surface area contributed by atoms with E-state index in [4.69, 9.17) is 0 Å². The Morgan fingerprint density at radius 2 is 0.532 bits per heavy atom. The molecule has 0 amide bonds. The van der Waals surface area contributed by atoms with Gasteiger partial charge in [0.15, 0.2) is 0 Å². The maximum Gasteiger partial charge on any atom is 0.0414 e. The molecule has 0 radical (unpaired) electrons. The van der Waals surface area contributed by atoms with Gasteiger partial charge in [0, 0.05) is 17.9 Å². The molecule has 0 N–H and O–H groups in total. The number of hydrogen-bond donors (Lipinski definition) is 0. The van der Waals surface area contributed by atoms with Gasteiger partial charge < -0.3 is 29.7 Å². The molecule has 0 unspecified atom stereocenters. The van der Waals surface area contributed by atoms with E-state index in [9.17, 15) is 29.7 Å². The topological polar surface area (TPSA) is 120 Å². The van der Waals surface area contributed by atoms with Gasteiger partial charge in [0.25, 0.3) is 0 Å². The van der Waals surface area contributed by atoms with Crippen LogP contribution in [-0.2, 0) is 14.4 Å². The van der Waals surface area contributed by atoms with Crippen LogP contribution in [0.1, 0.15) is 227 Å². The number of carboxylic acids is 3. The zero-order valence-electron chi connectivity index (χ0n) is 31.9. The van der Waals surface area contributed by atoms with E-state index in [-0.39, 0.29) is 19.3 Å². The summed E-state index contributed by atoms with van der Waals surface area (Å²) in [6.45, 7) is 11.2. The maximum atomic E-state index is 10.1. The van der Waals surface area contributed by atoms with E-state index in [1.165, 1.54) is 139 Å². The van der Waals surface area contributed by atoms with Crippen molar-refractivity contribution in [3.8, 4) is 0 Å². The van der Waals surface area contributed by atoms with Crippen molar-refractivity contribution in [1.29, 1.82) is 0 Å². The molecule has 0 heterocycles. The first-order chi connectivity index (χ1) is 22.6. The summed E-state index contributed by atoms with van der Waals surface area (Å²) in [6, 6.07) is 0. The van der Waals surface area contributed by atoms with Crippen LogP contribution >= 0.6 is 0 Å². The normalized spacial score (nSPS) is 10.3. The summed E-state index contributed by atoms with van der Waals surface area (Å²) in [5.74, 6) is -1.80. The zero-order chi connectivity index (χ0) is 36.2. The third kappa shape index (κ3) is 72.1. The molecular weight excluding hydrogens is 695 g/mol. The van der Waals surface area contributed by atoms with Crippen molar-refractivity contribution in [1.82, 2.24) is 0 Å². The van der Waals surface area contributed by atoms with Gasteiger partial charge >= 0.3 is 46.7 Å². The third-order valence-electron chi connectivity index (χ3n) is 7.86. The minimum Gasteiger partial charge on any atom is -0.550 e. The average molecular weight is 774 g/mol. The molecule has 0 aromatic heterocycles. The molecule has 0 saturated carbocycles. The van der Waals surface area contributed by atoms with Crippen molar-refractivity contribution in [3.63, 3.8) is 0 Å². The van der Waals surface area contributed by atoms with Gasteiger partial charge in [-0.3, -0.25) is 0 Å². The predicted octanol–water partition coefficient (Wildman–Crippen LogP) is 9.20. The Balaban J connectivity index is -0.000000275. The second-order valence-corrected chi connectivity index (χ2v) is 14.6. The van der Waals surface area contributed by atoms with Crippen molar-refractivity contribution in [2.24, 2.45) is 5.92 Å². The van der Waals surface area contributed by atoms with Crippen LogP contribution in [0, 0.1) is 5.92 Å². The monoisotopic (exact) mass is 774 g/mol. The Kier molecular flexibility index (Phi) is 55.9. The molecule has 0 atom stereocenters. The van der Waals surface area contributed by atoms with E-state index < -0.39 is 17.9 Å². The Morgan fingerprint density at radius 1 is 0.383 bits per heavy atom. The molecule has 0 fully saturated rings. The van der Waals surface area contributed by atoms with Gasteiger partial charge in [-0.15, -0.1) is 0 Å². The van der Waals surface area contributed by atoms with E-state index in [1.807, 2.05) is 0 Å². The van der Waals surface area contributed by atoms with Crippen molar-refractivity contribution >= 4 is 40.4 Å². The van der Waals surface area contributed by atoms with E-state index in [0.717, 1.165) is 44.4 Å². The zero-order valence-corrected chi connectivity index (χ0v) is 34.8. The van der Waals surface area contributed by atoms with Crippen molar-refractivity contribution < 1.29 is 29.7 Å².